The van der Waals surface area contributed by atoms with Gasteiger partial charge in [-0.25, -0.2) is 9.78 Å². The van der Waals surface area contributed by atoms with Gasteiger partial charge in [0.2, 0.25) is 11.8 Å². The van der Waals surface area contributed by atoms with E-state index in [2.05, 4.69) is 46.4 Å². The Kier molecular flexibility index (Phi) is 6.19. The minimum atomic E-state index is -0.335. The van der Waals surface area contributed by atoms with Crippen LogP contribution >= 0.6 is 15.9 Å². The number of amides is 2. The molecule has 3 aromatic rings. The van der Waals surface area contributed by atoms with Crippen LogP contribution in [0.25, 0.3) is 11.0 Å². The molecule has 0 bridgehead atoms. The number of carbonyl (C=O) groups is 2. The second-order valence-corrected chi connectivity index (χ2v) is 8.58. The van der Waals surface area contributed by atoms with Crippen molar-refractivity contribution in [3.8, 4) is 0 Å². The first-order valence-corrected chi connectivity index (χ1v) is 10.9. The van der Waals surface area contributed by atoms with Gasteiger partial charge in [0.15, 0.2) is 0 Å². The number of benzene rings is 1. The highest BCUT2D eigenvalue weighted by molar-refractivity contribution is 9.10. The van der Waals surface area contributed by atoms with E-state index in [9.17, 15) is 14.4 Å². The molecule has 1 aromatic carbocycles. The maximum absolute atomic E-state index is 12.7. The zero-order valence-corrected chi connectivity index (χ0v) is 18.5. The van der Waals surface area contributed by atoms with Gasteiger partial charge in [-0.05, 0) is 79.1 Å². The summed E-state index contributed by atoms with van der Waals surface area (Å²) in [7, 11) is 0. The van der Waals surface area contributed by atoms with Crippen molar-refractivity contribution in [1.82, 2.24) is 19.9 Å². The summed E-state index contributed by atoms with van der Waals surface area (Å²) in [6, 6.07) is 8.48. The molecular weight excluding hydrogens is 464 g/mol. The van der Waals surface area contributed by atoms with Crippen LogP contribution < -0.4 is 16.3 Å². The highest BCUT2D eigenvalue weighted by Gasteiger charge is 2.30. The number of halogens is 1. The summed E-state index contributed by atoms with van der Waals surface area (Å²) in [5.74, 6) is 0.258. The molecule has 3 heterocycles. The predicted octanol–water partition coefficient (Wildman–Crippen LogP) is 2.69. The third kappa shape index (κ3) is 5.02. The lowest BCUT2D eigenvalue weighted by molar-refractivity contribution is -0.123. The van der Waals surface area contributed by atoms with E-state index in [1.165, 1.54) is 0 Å². The molecule has 1 unspecified atom stereocenters. The van der Waals surface area contributed by atoms with E-state index in [0.717, 1.165) is 4.47 Å². The van der Waals surface area contributed by atoms with E-state index in [0.29, 0.717) is 48.5 Å². The van der Waals surface area contributed by atoms with Gasteiger partial charge >= 0.3 is 5.69 Å². The number of aromatic amines is 2. The molecule has 9 nitrogen and oxygen atoms in total. The van der Waals surface area contributed by atoms with Crippen LogP contribution in [0, 0.1) is 5.92 Å². The summed E-state index contributed by atoms with van der Waals surface area (Å²) in [4.78, 5) is 48.2. The van der Waals surface area contributed by atoms with Crippen molar-refractivity contribution in [1.29, 1.82) is 0 Å². The Hall–Kier alpha value is -2.98. The van der Waals surface area contributed by atoms with Crippen molar-refractivity contribution < 1.29 is 9.59 Å². The van der Waals surface area contributed by atoms with E-state index in [1.807, 2.05) is 13.0 Å². The number of likely N-dealkylation sites (tertiary alicyclic amines) is 1. The third-order valence-electron chi connectivity index (χ3n) is 5.59. The SMILES string of the molecule is CC(C(=O)Nc1ccc2[nH]c(=O)[nH]c2c1)N1CCC(C(=O)Nc2ccc(Br)cn2)CC1. The minimum absolute atomic E-state index is 0.0413. The topological polar surface area (TPSA) is 123 Å². The summed E-state index contributed by atoms with van der Waals surface area (Å²) >= 11 is 3.32. The summed E-state index contributed by atoms with van der Waals surface area (Å²) in [5, 5.41) is 5.76. The number of nitrogens with zero attached hydrogens (tertiary/aromatic N) is 2. The monoisotopic (exact) mass is 486 g/mol. The molecule has 1 aliphatic rings. The first-order valence-electron chi connectivity index (χ1n) is 10.1. The maximum atomic E-state index is 12.7. The molecule has 2 amide bonds. The van der Waals surface area contributed by atoms with Gasteiger partial charge in [0.05, 0.1) is 17.1 Å². The van der Waals surface area contributed by atoms with Crippen LogP contribution in [0.5, 0.6) is 0 Å². The Morgan fingerprint density at radius 2 is 1.87 bits per heavy atom. The number of rotatable bonds is 5. The highest BCUT2D eigenvalue weighted by Crippen LogP contribution is 2.22. The quantitative estimate of drug-likeness (QED) is 0.441. The second kappa shape index (κ2) is 9.03. The molecule has 1 saturated heterocycles. The number of anilines is 2. The zero-order valence-electron chi connectivity index (χ0n) is 16.9. The molecule has 10 heteroatoms. The van der Waals surface area contributed by atoms with Gasteiger partial charge < -0.3 is 20.6 Å². The number of carbonyl (C=O) groups excluding carboxylic acids is 2. The van der Waals surface area contributed by atoms with Gasteiger partial charge in [0.1, 0.15) is 5.82 Å². The van der Waals surface area contributed by atoms with Crippen LogP contribution in [0.3, 0.4) is 0 Å². The molecule has 1 atom stereocenters. The molecule has 2 aromatic heterocycles. The van der Waals surface area contributed by atoms with Crippen LogP contribution in [0.15, 0.2) is 45.8 Å². The molecular formula is C21H23BrN6O3. The Morgan fingerprint density at radius 1 is 1.13 bits per heavy atom. The third-order valence-corrected chi connectivity index (χ3v) is 6.06. The van der Waals surface area contributed by atoms with Gasteiger partial charge in [-0.3, -0.25) is 14.5 Å². The van der Waals surface area contributed by atoms with E-state index in [1.54, 1.807) is 30.5 Å². The number of aromatic nitrogens is 3. The van der Waals surface area contributed by atoms with Crippen LogP contribution in [-0.4, -0.2) is 50.8 Å². The molecule has 0 aliphatic carbocycles. The number of nitrogens with one attached hydrogen (secondary N) is 4. The van der Waals surface area contributed by atoms with Gasteiger partial charge in [0, 0.05) is 22.3 Å². The summed E-state index contributed by atoms with van der Waals surface area (Å²) in [6.07, 6.45) is 3.00. The molecule has 31 heavy (non-hydrogen) atoms. The van der Waals surface area contributed by atoms with Gasteiger partial charge in [-0.2, -0.15) is 0 Å². The number of piperidine rings is 1. The summed E-state index contributed by atoms with van der Waals surface area (Å²) in [6.45, 7) is 3.17. The fourth-order valence-electron chi connectivity index (χ4n) is 3.75. The van der Waals surface area contributed by atoms with Crippen LogP contribution in [0.2, 0.25) is 0 Å². The summed E-state index contributed by atoms with van der Waals surface area (Å²) in [5.41, 5.74) is 1.67. The lowest BCUT2D eigenvalue weighted by Crippen LogP contribution is -2.47. The molecule has 4 rings (SSSR count). The van der Waals surface area contributed by atoms with Crippen molar-refractivity contribution in [3.05, 3.63) is 51.5 Å². The maximum Gasteiger partial charge on any atom is 0.323 e. The fourth-order valence-corrected chi connectivity index (χ4v) is 3.98. The Bertz CT molecular complexity index is 1150. The molecule has 1 aliphatic heterocycles. The normalized spacial score (nSPS) is 16.2. The minimum Gasteiger partial charge on any atom is -0.325 e. The van der Waals surface area contributed by atoms with E-state index >= 15 is 0 Å². The predicted molar refractivity (Wildman–Crippen MR) is 122 cm³/mol. The smallest absolute Gasteiger partial charge is 0.323 e. The number of H-pyrrole nitrogens is 2. The Morgan fingerprint density at radius 3 is 2.58 bits per heavy atom. The van der Waals surface area contributed by atoms with E-state index in [-0.39, 0.29) is 29.5 Å². The van der Waals surface area contributed by atoms with Crippen molar-refractivity contribution in [2.24, 2.45) is 5.92 Å². The fraction of sp³-hybridized carbons (Fsp3) is 0.333. The highest BCUT2D eigenvalue weighted by atomic mass is 79.9. The lowest BCUT2D eigenvalue weighted by Gasteiger charge is -2.34. The first-order chi connectivity index (χ1) is 14.9. The van der Waals surface area contributed by atoms with Gasteiger partial charge in [0.25, 0.3) is 0 Å². The van der Waals surface area contributed by atoms with Crippen molar-refractivity contribution in [3.63, 3.8) is 0 Å². The molecule has 0 radical (unpaired) electrons. The zero-order chi connectivity index (χ0) is 22.0. The number of hydrogen-bond donors (Lipinski definition) is 4. The molecule has 1 fully saturated rings. The van der Waals surface area contributed by atoms with Crippen molar-refractivity contribution in [2.75, 3.05) is 23.7 Å². The van der Waals surface area contributed by atoms with Crippen LogP contribution in [-0.2, 0) is 9.59 Å². The second-order valence-electron chi connectivity index (χ2n) is 7.67. The average molecular weight is 487 g/mol. The molecule has 162 valence electrons. The number of fused-ring (bicyclic) bond motifs is 1. The first kappa shape index (κ1) is 21.3. The molecule has 4 N–H and O–H groups in total. The molecule has 0 saturated carbocycles. The lowest BCUT2D eigenvalue weighted by atomic mass is 9.95. The molecule has 0 spiro atoms. The number of imidazole rings is 1. The van der Waals surface area contributed by atoms with E-state index in [4.69, 9.17) is 0 Å². The summed E-state index contributed by atoms with van der Waals surface area (Å²) < 4.78 is 0.854. The Balaban J connectivity index is 1.30. The van der Waals surface area contributed by atoms with Crippen LogP contribution in [0.4, 0.5) is 11.5 Å². The standard InChI is InChI=1S/C21H23BrN6O3/c1-12(19(29)24-15-3-4-16-17(10-15)26-21(31)25-16)28-8-6-13(7-9-28)20(30)27-18-5-2-14(22)11-23-18/h2-5,10-13H,6-9H2,1H3,(H,24,29)(H,23,27,30)(H2,25,26,31). The largest absolute Gasteiger partial charge is 0.325 e. The van der Waals surface area contributed by atoms with E-state index < -0.39 is 0 Å². The van der Waals surface area contributed by atoms with Crippen LogP contribution in [0.1, 0.15) is 19.8 Å². The van der Waals surface area contributed by atoms with Gasteiger partial charge in [-0.1, -0.05) is 0 Å². The Labute approximate surface area is 186 Å². The number of pyridine rings is 1. The average Bonchev–Trinajstić information content (AvgIpc) is 3.14. The van der Waals surface area contributed by atoms with Gasteiger partial charge in [-0.15, -0.1) is 0 Å². The van der Waals surface area contributed by atoms with Crippen molar-refractivity contribution >= 4 is 50.3 Å². The number of hydrogen-bond acceptors (Lipinski definition) is 5. The van der Waals surface area contributed by atoms with Crippen molar-refractivity contribution in [2.45, 2.75) is 25.8 Å².